The molecule has 0 unspecified atom stereocenters. The second-order valence-corrected chi connectivity index (χ2v) is 5.07. The molecule has 1 aromatic heterocycles. The Balaban J connectivity index is 1.86. The van der Waals surface area contributed by atoms with Crippen molar-refractivity contribution in [1.29, 1.82) is 0 Å². The van der Waals surface area contributed by atoms with Gasteiger partial charge in [-0.2, -0.15) is 0 Å². The summed E-state index contributed by atoms with van der Waals surface area (Å²) in [6.07, 6.45) is 0.833. The molecular weight excluding hydrogens is 318 g/mol. The first-order chi connectivity index (χ1) is 11.6. The lowest BCUT2D eigenvalue weighted by Gasteiger charge is -2.18. The van der Waals surface area contributed by atoms with Crippen LogP contribution < -0.4 is 0 Å². The zero-order valence-electron chi connectivity index (χ0n) is 12.4. The normalized spacial score (nSPS) is 17.8. The molecule has 122 valence electrons. The van der Waals surface area contributed by atoms with Crippen LogP contribution in [-0.4, -0.2) is 28.5 Å². The number of pyridine rings is 1. The molecule has 5 nitrogen and oxygen atoms in total. The van der Waals surface area contributed by atoms with E-state index in [2.05, 4.69) is 4.98 Å². The number of halogens is 2. The van der Waals surface area contributed by atoms with Crippen LogP contribution in [0.4, 0.5) is 13.6 Å². The third kappa shape index (κ3) is 3.15. The predicted octanol–water partition coefficient (Wildman–Crippen LogP) is 3.25. The quantitative estimate of drug-likeness (QED) is 0.811. The van der Waals surface area contributed by atoms with Crippen molar-refractivity contribution in [2.45, 2.75) is 6.04 Å². The van der Waals surface area contributed by atoms with Crippen molar-refractivity contribution < 1.29 is 23.1 Å². The molecule has 0 radical (unpaired) electrons. The van der Waals surface area contributed by atoms with Gasteiger partial charge in [-0.1, -0.05) is 30.3 Å². The zero-order chi connectivity index (χ0) is 17.1. The van der Waals surface area contributed by atoms with Gasteiger partial charge in [-0.15, -0.1) is 0 Å². The third-order valence-corrected chi connectivity index (χ3v) is 3.51. The zero-order valence-corrected chi connectivity index (χ0v) is 12.4. The highest BCUT2D eigenvalue weighted by atomic mass is 19.1. The number of hydrogen-bond acceptors (Lipinski definition) is 4. The fourth-order valence-electron chi connectivity index (χ4n) is 2.35. The number of carbonyl (C=O) groups excluding carboxylic acids is 2. The van der Waals surface area contributed by atoms with E-state index in [1.807, 2.05) is 0 Å². The topological polar surface area (TPSA) is 59.5 Å². The molecule has 2 heterocycles. The molecule has 1 aliphatic rings. The number of nitrogens with zero attached hydrogens (tertiary/aromatic N) is 2. The van der Waals surface area contributed by atoms with Gasteiger partial charge >= 0.3 is 6.09 Å². The SMILES string of the molecule is O=C1OC[C@@H](c2ccccc2)N1C(=O)/C(F)=C/c1ccc(F)cn1. The molecule has 0 N–H and O–H groups in total. The van der Waals surface area contributed by atoms with Crippen LogP contribution in [0.2, 0.25) is 0 Å². The molecule has 1 saturated heterocycles. The molecule has 1 aliphatic heterocycles. The monoisotopic (exact) mass is 330 g/mol. The van der Waals surface area contributed by atoms with Crippen LogP contribution >= 0.6 is 0 Å². The van der Waals surface area contributed by atoms with Crippen molar-refractivity contribution >= 4 is 18.1 Å². The van der Waals surface area contributed by atoms with E-state index in [0.717, 1.165) is 23.2 Å². The number of cyclic esters (lactones) is 1. The highest BCUT2D eigenvalue weighted by Crippen LogP contribution is 2.29. The summed E-state index contributed by atoms with van der Waals surface area (Å²) in [4.78, 5) is 28.5. The summed E-state index contributed by atoms with van der Waals surface area (Å²) in [6.45, 7) is -0.0450. The lowest BCUT2D eigenvalue weighted by molar-refractivity contribution is -0.126. The van der Waals surface area contributed by atoms with Crippen molar-refractivity contribution in [3.05, 3.63) is 71.6 Å². The van der Waals surface area contributed by atoms with Crippen LogP contribution in [0.15, 0.2) is 54.5 Å². The van der Waals surface area contributed by atoms with Crippen molar-refractivity contribution in [2.24, 2.45) is 0 Å². The Bertz CT molecular complexity index is 791. The Morgan fingerprint density at radius 2 is 2.00 bits per heavy atom. The molecule has 0 bridgehead atoms. The number of aromatic nitrogens is 1. The van der Waals surface area contributed by atoms with Crippen LogP contribution in [0.25, 0.3) is 6.08 Å². The fourth-order valence-corrected chi connectivity index (χ4v) is 2.35. The average molecular weight is 330 g/mol. The molecule has 3 rings (SSSR count). The molecular formula is C17H12F2N2O3. The lowest BCUT2D eigenvalue weighted by Crippen LogP contribution is -2.34. The van der Waals surface area contributed by atoms with E-state index in [9.17, 15) is 18.4 Å². The van der Waals surface area contributed by atoms with Gasteiger partial charge in [0.25, 0.3) is 5.91 Å². The smallest absolute Gasteiger partial charge is 0.417 e. The minimum atomic E-state index is -1.19. The number of benzene rings is 1. The molecule has 7 heteroatoms. The van der Waals surface area contributed by atoms with Crippen LogP contribution in [0.5, 0.6) is 0 Å². The van der Waals surface area contributed by atoms with Crippen LogP contribution in [-0.2, 0) is 9.53 Å². The van der Waals surface area contributed by atoms with Crippen molar-refractivity contribution in [1.82, 2.24) is 9.88 Å². The van der Waals surface area contributed by atoms with E-state index in [-0.39, 0.29) is 12.3 Å². The van der Waals surface area contributed by atoms with Crippen molar-refractivity contribution in [2.75, 3.05) is 6.61 Å². The summed E-state index contributed by atoms with van der Waals surface area (Å²) < 4.78 is 31.9. The molecule has 2 aromatic rings. The van der Waals surface area contributed by atoms with Crippen molar-refractivity contribution in [3.63, 3.8) is 0 Å². The summed E-state index contributed by atoms with van der Waals surface area (Å²) in [6, 6.07) is 10.3. The van der Waals surface area contributed by atoms with E-state index in [1.54, 1.807) is 30.3 Å². The average Bonchev–Trinajstić information content (AvgIpc) is 2.98. The maximum atomic E-state index is 14.2. The standard InChI is InChI=1S/C17H12F2N2O3/c18-12-6-7-13(20-9-12)8-14(19)16(22)21-15(10-24-17(21)23)11-4-2-1-3-5-11/h1-9,15H,10H2/b14-8-/t15-/m0/s1. The van der Waals surface area contributed by atoms with Crippen molar-refractivity contribution in [3.8, 4) is 0 Å². The van der Waals surface area contributed by atoms with Gasteiger partial charge in [0.05, 0.1) is 11.9 Å². The Morgan fingerprint density at radius 3 is 2.67 bits per heavy atom. The van der Waals surface area contributed by atoms with E-state index in [4.69, 9.17) is 4.74 Å². The number of ether oxygens (including phenoxy) is 1. The van der Waals surface area contributed by atoms with Gasteiger partial charge < -0.3 is 4.74 Å². The maximum Gasteiger partial charge on any atom is 0.417 e. The first-order valence-electron chi connectivity index (χ1n) is 7.10. The van der Waals surface area contributed by atoms with Crippen LogP contribution in [0.1, 0.15) is 17.3 Å². The summed E-state index contributed by atoms with van der Waals surface area (Å²) >= 11 is 0. The lowest BCUT2D eigenvalue weighted by atomic mass is 10.1. The summed E-state index contributed by atoms with van der Waals surface area (Å²) in [5.41, 5.74) is 0.718. The molecule has 24 heavy (non-hydrogen) atoms. The van der Waals surface area contributed by atoms with Gasteiger partial charge in [-0.3, -0.25) is 9.78 Å². The molecule has 1 aromatic carbocycles. The second-order valence-electron chi connectivity index (χ2n) is 5.07. The van der Waals surface area contributed by atoms with E-state index >= 15 is 0 Å². The van der Waals surface area contributed by atoms with Gasteiger partial charge in [0, 0.05) is 6.08 Å². The minimum absolute atomic E-state index is 0.0450. The first kappa shape index (κ1) is 15.8. The molecule has 0 saturated carbocycles. The minimum Gasteiger partial charge on any atom is -0.446 e. The largest absolute Gasteiger partial charge is 0.446 e. The highest BCUT2D eigenvalue weighted by Gasteiger charge is 2.40. The number of amides is 2. The van der Waals surface area contributed by atoms with Crippen LogP contribution in [0.3, 0.4) is 0 Å². The van der Waals surface area contributed by atoms with Gasteiger partial charge in [-0.05, 0) is 17.7 Å². The number of hydrogen-bond donors (Lipinski definition) is 0. The van der Waals surface area contributed by atoms with E-state index in [1.165, 1.54) is 6.07 Å². The van der Waals surface area contributed by atoms with Gasteiger partial charge in [0.15, 0.2) is 5.83 Å². The van der Waals surface area contributed by atoms with Gasteiger partial charge in [-0.25, -0.2) is 18.5 Å². The fraction of sp³-hybridized carbons (Fsp3) is 0.118. The second kappa shape index (κ2) is 6.57. The summed E-state index contributed by atoms with van der Waals surface area (Å²) in [7, 11) is 0. The third-order valence-electron chi connectivity index (χ3n) is 3.51. The van der Waals surface area contributed by atoms with E-state index in [0.29, 0.717) is 5.56 Å². The first-order valence-corrected chi connectivity index (χ1v) is 7.10. The van der Waals surface area contributed by atoms with Gasteiger partial charge in [0.2, 0.25) is 0 Å². The molecule has 0 aliphatic carbocycles. The highest BCUT2D eigenvalue weighted by molar-refractivity contribution is 6.04. The molecule has 0 spiro atoms. The Kier molecular flexibility index (Phi) is 4.33. The Labute approximate surface area is 136 Å². The Morgan fingerprint density at radius 1 is 1.25 bits per heavy atom. The molecule has 1 fully saturated rings. The van der Waals surface area contributed by atoms with Crippen LogP contribution in [0, 0.1) is 5.82 Å². The Hall–Kier alpha value is -3.09. The summed E-state index contributed by atoms with van der Waals surface area (Å²) in [5, 5.41) is 0. The molecule has 2 amide bonds. The predicted molar refractivity (Wildman–Crippen MR) is 80.7 cm³/mol. The number of rotatable bonds is 3. The maximum absolute atomic E-state index is 14.2. The number of imide groups is 1. The number of carbonyl (C=O) groups is 2. The van der Waals surface area contributed by atoms with Gasteiger partial charge in [0.1, 0.15) is 18.5 Å². The molecule has 1 atom stereocenters. The summed E-state index contributed by atoms with van der Waals surface area (Å²) in [5.74, 6) is -2.89. The van der Waals surface area contributed by atoms with E-state index < -0.39 is 29.7 Å².